The summed E-state index contributed by atoms with van der Waals surface area (Å²) in [6.45, 7) is 1.99. The minimum absolute atomic E-state index is 0.0194. The molecular formula is C14H25NO4. The van der Waals surface area contributed by atoms with E-state index in [0.717, 1.165) is 19.3 Å². The number of aliphatic hydroxyl groups excluding tert-OH is 1. The quantitative estimate of drug-likeness (QED) is 0.657. The second-order valence-corrected chi connectivity index (χ2v) is 5.66. The molecule has 1 saturated carbocycles. The molecule has 0 bridgehead atoms. The molecule has 5 nitrogen and oxygen atoms in total. The number of hydrogen-bond acceptors (Lipinski definition) is 3. The van der Waals surface area contributed by atoms with Gasteiger partial charge >= 0.3 is 5.97 Å². The van der Waals surface area contributed by atoms with Gasteiger partial charge in [-0.25, -0.2) is 0 Å². The summed E-state index contributed by atoms with van der Waals surface area (Å²) in [5.41, 5.74) is -0.862. The molecule has 1 unspecified atom stereocenters. The van der Waals surface area contributed by atoms with Crippen LogP contribution in [0, 0.1) is 5.41 Å². The van der Waals surface area contributed by atoms with Crippen molar-refractivity contribution >= 4 is 11.9 Å². The van der Waals surface area contributed by atoms with E-state index in [0.29, 0.717) is 25.7 Å². The lowest BCUT2D eigenvalue weighted by Crippen LogP contribution is -2.41. The van der Waals surface area contributed by atoms with E-state index < -0.39 is 11.4 Å². The van der Waals surface area contributed by atoms with Crippen molar-refractivity contribution in [3.8, 4) is 0 Å². The van der Waals surface area contributed by atoms with E-state index in [1.54, 1.807) is 0 Å². The molecule has 0 heterocycles. The van der Waals surface area contributed by atoms with Crippen LogP contribution in [0.15, 0.2) is 0 Å². The average Bonchev–Trinajstić information content (AvgIpc) is 2.37. The Labute approximate surface area is 114 Å². The van der Waals surface area contributed by atoms with E-state index in [1.807, 2.05) is 6.92 Å². The summed E-state index contributed by atoms with van der Waals surface area (Å²) < 4.78 is 0. The van der Waals surface area contributed by atoms with Gasteiger partial charge in [0.2, 0.25) is 5.91 Å². The lowest BCUT2D eigenvalue weighted by Gasteiger charge is -2.32. The number of hydrogen-bond donors (Lipinski definition) is 3. The van der Waals surface area contributed by atoms with Crippen LogP contribution in [-0.4, -0.2) is 34.7 Å². The predicted octanol–water partition coefficient (Wildman–Crippen LogP) is 1.69. The van der Waals surface area contributed by atoms with Gasteiger partial charge in [0.15, 0.2) is 0 Å². The number of carboxylic acids is 1. The number of aliphatic carboxylic acids is 1. The topological polar surface area (TPSA) is 86.6 Å². The van der Waals surface area contributed by atoms with E-state index in [1.165, 1.54) is 0 Å². The fourth-order valence-corrected chi connectivity index (χ4v) is 2.80. The molecule has 1 rings (SSSR count). The Bertz CT molecular complexity index is 311. The second-order valence-electron chi connectivity index (χ2n) is 5.66. The van der Waals surface area contributed by atoms with Crippen molar-refractivity contribution in [2.75, 3.05) is 6.61 Å². The van der Waals surface area contributed by atoms with Gasteiger partial charge in [0.05, 0.1) is 5.41 Å². The zero-order chi connectivity index (χ0) is 14.3. The van der Waals surface area contributed by atoms with Crippen molar-refractivity contribution in [2.24, 2.45) is 5.41 Å². The minimum Gasteiger partial charge on any atom is -0.481 e. The molecule has 1 amide bonds. The molecule has 0 aromatic heterocycles. The second kappa shape index (κ2) is 7.48. The van der Waals surface area contributed by atoms with Crippen LogP contribution in [0.1, 0.15) is 58.3 Å². The van der Waals surface area contributed by atoms with Gasteiger partial charge in [-0.2, -0.15) is 0 Å². The van der Waals surface area contributed by atoms with Gasteiger partial charge < -0.3 is 15.5 Å². The minimum atomic E-state index is -0.862. The van der Waals surface area contributed by atoms with Crippen molar-refractivity contribution in [2.45, 2.75) is 64.3 Å². The Morgan fingerprint density at radius 1 is 1.26 bits per heavy atom. The highest BCUT2D eigenvalue weighted by atomic mass is 16.4. The monoisotopic (exact) mass is 271 g/mol. The molecule has 0 aromatic rings. The molecule has 0 aliphatic heterocycles. The normalized spacial score (nSPS) is 19.7. The number of carbonyl (C=O) groups excluding carboxylic acids is 1. The zero-order valence-corrected chi connectivity index (χ0v) is 11.7. The molecule has 0 aromatic carbocycles. The van der Waals surface area contributed by atoms with E-state index in [9.17, 15) is 14.7 Å². The van der Waals surface area contributed by atoms with Crippen LogP contribution >= 0.6 is 0 Å². The maximum absolute atomic E-state index is 12.0. The van der Waals surface area contributed by atoms with Crippen molar-refractivity contribution < 1.29 is 19.8 Å². The van der Waals surface area contributed by atoms with Crippen LogP contribution in [0.25, 0.3) is 0 Å². The van der Waals surface area contributed by atoms with Crippen LogP contribution in [0.4, 0.5) is 0 Å². The molecule has 0 spiro atoms. The highest BCUT2D eigenvalue weighted by Crippen LogP contribution is 2.39. The Morgan fingerprint density at radius 2 is 1.89 bits per heavy atom. The van der Waals surface area contributed by atoms with Gasteiger partial charge in [-0.15, -0.1) is 0 Å². The number of carboxylic acid groups (broad SMARTS) is 1. The first-order valence-corrected chi connectivity index (χ1v) is 7.14. The molecular weight excluding hydrogens is 246 g/mol. The number of aliphatic hydroxyl groups is 1. The maximum Gasteiger partial charge on any atom is 0.310 e. The summed E-state index contributed by atoms with van der Waals surface area (Å²) in [5, 5.41) is 21.0. The third-order valence-corrected chi connectivity index (χ3v) is 3.97. The largest absolute Gasteiger partial charge is 0.481 e. The number of rotatable bonds is 7. The van der Waals surface area contributed by atoms with Crippen molar-refractivity contribution in [1.29, 1.82) is 0 Å². The summed E-state index contributed by atoms with van der Waals surface area (Å²) in [4.78, 5) is 23.4. The van der Waals surface area contributed by atoms with Crippen LogP contribution in [0.3, 0.4) is 0 Å². The molecule has 1 atom stereocenters. The summed E-state index contributed by atoms with van der Waals surface area (Å²) in [7, 11) is 0. The lowest BCUT2D eigenvalue weighted by molar-refractivity contribution is -0.154. The molecule has 19 heavy (non-hydrogen) atoms. The Balaban J connectivity index is 2.50. The Morgan fingerprint density at radius 3 is 2.42 bits per heavy atom. The van der Waals surface area contributed by atoms with Crippen molar-refractivity contribution in [1.82, 2.24) is 5.32 Å². The predicted molar refractivity (Wildman–Crippen MR) is 71.7 cm³/mol. The maximum atomic E-state index is 12.0. The van der Waals surface area contributed by atoms with E-state index >= 15 is 0 Å². The molecule has 110 valence electrons. The molecule has 1 aliphatic rings. The van der Waals surface area contributed by atoms with Crippen LogP contribution in [0.2, 0.25) is 0 Å². The van der Waals surface area contributed by atoms with E-state index in [-0.39, 0.29) is 25.0 Å². The summed E-state index contributed by atoms with van der Waals surface area (Å²) in [6.07, 6.45) is 5.46. The molecule has 1 aliphatic carbocycles. The highest BCUT2D eigenvalue weighted by Gasteiger charge is 2.41. The molecule has 0 saturated heterocycles. The standard InChI is InChI=1S/C14H25NO4/c1-11(6-5-9-16)15-12(17)10-14(13(18)19)7-3-2-4-8-14/h11,16H,2-10H2,1H3,(H,15,17)(H,18,19). The fourth-order valence-electron chi connectivity index (χ4n) is 2.80. The number of carbonyl (C=O) groups is 2. The van der Waals surface area contributed by atoms with E-state index in [2.05, 4.69) is 5.32 Å². The summed E-state index contributed by atoms with van der Waals surface area (Å²) >= 11 is 0. The third kappa shape index (κ3) is 4.82. The van der Waals surface area contributed by atoms with Crippen molar-refractivity contribution in [3.63, 3.8) is 0 Å². The molecule has 1 fully saturated rings. The first kappa shape index (κ1) is 16.0. The van der Waals surface area contributed by atoms with Gasteiger partial charge in [-0.05, 0) is 32.6 Å². The van der Waals surface area contributed by atoms with Crippen molar-refractivity contribution in [3.05, 3.63) is 0 Å². The highest BCUT2D eigenvalue weighted by molar-refractivity contribution is 5.85. The Kier molecular flexibility index (Phi) is 6.28. The molecule has 0 radical (unpaired) electrons. The first-order chi connectivity index (χ1) is 9.00. The molecule has 3 N–H and O–H groups in total. The van der Waals surface area contributed by atoms with Gasteiger partial charge in [-0.1, -0.05) is 19.3 Å². The Hall–Kier alpha value is -1.10. The smallest absolute Gasteiger partial charge is 0.310 e. The van der Waals surface area contributed by atoms with Gasteiger partial charge in [-0.3, -0.25) is 9.59 Å². The number of amides is 1. The SMILES string of the molecule is CC(CCCO)NC(=O)CC1(C(=O)O)CCCCC1. The molecule has 5 heteroatoms. The van der Waals surface area contributed by atoms with Crippen LogP contribution < -0.4 is 5.32 Å². The van der Waals surface area contributed by atoms with E-state index in [4.69, 9.17) is 5.11 Å². The fraction of sp³-hybridized carbons (Fsp3) is 0.857. The van der Waals surface area contributed by atoms with Gasteiger partial charge in [0.1, 0.15) is 0 Å². The lowest BCUT2D eigenvalue weighted by atomic mass is 9.71. The van der Waals surface area contributed by atoms with Crippen LogP contribution in [0.5, 0.6) is 0 Å². The summed E-state index contributed by atoms with van der Waals surface area (Å²) in [6, 6.07) is -0.0194. The zero-order valence-electron chi connectivity index (χ0n) is 11.7. The number of nitrogens with one attached hydrogen (secondary N) is 1. The first-order valence-electron chi connectivity index (χ1n) is 7.14. The van der Waals surface area contributed by atoms with Gasteiger partial charge in [0, 0.05) is 19.1 Å². The average molecular weight is 271 g/mol. The van der Waals surface area contributed by atoms with Crippen LogP contribution in [-0.2, 0) is 9.59 Å². The van der Waals surface area contributed by atoms with Gasteiger partial charge in [0.25, 0.3) is 0 Å². The third-order valence-electron chi connectivity index (χ3n) is 3.97. The summed E-state index contributed by atoms with van der Waals surface area (Å²) in [5.74, 6) is -1.03.